The minimum Gasteiger partial charge on any atom is -0.328 e. The van der Waals surface area contributed by atoms with Crippen molar-refractivity contribution in [2.24, 2.45) is 5.73 Å². The molecule has 0 aromatic rings. The predicted molar refractivity (Wildman–Crippen MR) is 50.0 cm³/mol. The maximum atomic E-state index is 5.72. The van der Waals surface area contributed by atoms with Crippen molar-refractivity contribution < 1.29 is 0 Å². The Bertz CT molecular complexity index is 154. The van der Waals surface area contributed by atoms with E-state index in [1.165, 1.54) is 32.4 Å². The van der Waals surface area contributed by atoms with Crippen LogP contribution >= 0.6 is 0 Å². The second-order valence-electron chi connectivity index (χ2n) is 4.34. The zero-order valence-corrected chi connectivity index (χ0v) is 7.79. The van der Waals surface area contributed by atoms with Crippen LogP contribution in [0.25, 0.3) is 0 Å². The summed E-state index contributed by atoms with van der Waals surface area (Å²) in [7, 11) is 2.19. The molecule has 3 N–H and O–H groups in total. The molecule has 2 aliphatic rings. The minimum atomic E-state index is 0.474. The van der Waals surface area contributed by atoms with E-state index in [0.717, 1.165) is 12.1 Å². The number of rotatable bonds is 2. The van der Waals surface area contributed by atoms with E-state index in [0.29, 0.717) is 6.04 Å². The second kappa shape index (κ2) is 3.32. The van der Waals surface area contributed by atoms with Gasteiger partial charge in [0.1, 0.15) is 0 Å². The van der Waals surface area contributed by atoms with E-state index in [2.05, 4.69) is 17.3 Å². The average molecular weight is 169 g/mol. The van der Waals surface area contributed by atoms with Crippen molar-refractivity contribution in [3.63, 3.8) is 0 Å². The van der Waals surface area contributed by atoms with Crippen molar-refractivity contribution >= 4 is 0 Å². The molecule has 0 bridgehead atoms. The third kappa shape index (κ3) is 1.79. The van der Waals surface area contributed by atoms with Gasteiger partial charge in [-0.3, -0.25) is 0 Å². The molecule has 0 radical (unpaired) electrons. The SMILES string of the molecule is CN1CCC(NC2CC(N)C2)C1. The van der Waals surface area contributed by atoms with Crippen LogP contribution in [0.3, 0.4) is 0 Å². The summed E-state index contributed by atoms with van der Waals surface area (Å²) >= 11 is 0. The highest BCUT2D eigenvalue weighted by Crippen LogP contribution is 2.19. The number of nitrogens with one attached hydrogen (secondary N) is 1. The van der Waals surface area contributed by atoms with Gasteiger partial charge >= 0.3 is 0 Å². The molecule has 0 aromatic heterocycles. The van der Waals surface area contributed by atoms with Crippen LogP contribution in [-0.2, 0) is 0 Å². The first-order valence-corrected chi connectivity index (χ1v) is 4.94. The molecule has 12 heavy (non-hydrogen) atoms. The zero-order chi connectivity index (χ0) is 8.55. The lowest BCUT2D eigenvalue weighted by molar-refractivity contribution is 0.264. The summed E-state index contributed by atoms with van der Waals surface area (Å²) in [6.07, 6.45) is 3.67. The Hall–Kier alpha value is -0.120. The Morgan fingerprint density at radius 3 is 2.58 bits per heavy atom. The lowest BCUT2D eigenvalue weighted by Gasteiger charge is -2.35. The molecular weight excluding hydrogens is 150 g/mol. The third-order valence-corrected chi connectivity index (χ3v) is 3.04. The van der Waals surface area contributed by atoms with Crippen LogP contribution in [0, 0.1) is 0 Å². The van der Waals surface area contributed by atoms with E-state index in [4.69, 9.17) is 5.73 Å². The molecule has 0 amide bonds. The standard InChI is InChI=1S/C9H19N3/c1-12-3-2-8(6-12)11-9-4-7(10)5-9/h7-9,11H,2-6,10H2,1H3. The van der Waals surface area contributed by atoms with Crippen LogP contribution in [0.4, 0.5) is 0 Å². The Labute approximate surface area is 74.3 Å². The topological polar surface area (TPSA) is 41.3 Å². The Balaban J connectivity index is 1.67. The van der Waals surface area contributed by atoms with Crippen LogP contribution < -0.4 is 11.1 Å². The number of nitrogens with zero attached hydrogens (tertiary/aromatic N) is 1. The monoisotopic (exact) mass is 169 g/mol. The van der Waals surface area contributed by atoms with E-state index >= 15 is 0 Å². The Morgan fingerprint density at radius 2 is 2.08 bits per heavy atom. The van der Waals surface area contributed by atoms with E-state index in [1.807, 2.05) is 0 Å². The largest absolute Gasteiger partial charge is 0.328 e. The van der Waals surface area contributed by atoms with Gasteiger partial charge in [-0.1, -0.05) is 0 Å². The van der Waals surface area contributed by atoms with Crippen LogP contribution in [0.15, 0.2) is 0 Å². The molecule has 70 valence electrons. The van der Waals surface area contributed by atoms with Crippen molar-refractivity contribution in [2.45, 2.75) is 37.4 Å². The summed E-state index contributed by atoms with van der Waals surface area (Å²) in [5.41, 5.74) is 5.72. The molecule has 1 unspecified atom stereocenters. The minimum absolute atomic E-state index is 0.474. The first kappa shape index (κ1) is 8.48. The molecule has 2 rings (SSSR count). The van der Waals surface area contributed by atoms with E-state index in [1.54, 1.807) is 0 Å². The van der Waals surface area contributed by atoms with Crippen molar-refractivity contribution in [1.82, 2.24) is 10.2 Å². The van der Waals surface area contributed by atoms with Crippen LogP contribution in [-0.4, -0.2) is 43.2 Å². The molecule has 0 spiro atoms. The summed E-state index contributed by atoms with van der Waals surface area (Å²) in [5, 5.41) is 3.65. The van der Waals surface area contributed by atoms with Gasteiger partial charge in [-0.05, 0) is 32.9 Å². The molecule has 1 aliphatic heterocycles. The molecule has 2 fully saturated rings. The average Bonchev–Trinajstić information content (AvgIpc) is 2.33. The highest BCUT2D eigenvalue weighted by atomic mass is 15.2. The maximum absolute atomic E-state index is 5.72. The van der Waals surface area contributed by atoms with Crippen LogP contribution in [0.2, 0.25) is 0 Å². The summed E-state index contributed by atoms with van der Waals surface area (Å²) in [6.45, 7) is 2.46. The number of likely N-dealkylation sites (tertiary alicyclic amines) is 1. The van der Waals surface area contributed by atoms with Gasteiger partial charge in [0.25, 0.3) is 0 Å². The summed E-state index contributed by atoms with van der Waals surface area (Å²) in [6, 6.07) is 1.92. The van der Waals surface area contributed by atoms with E-state index in [-0.39, 0.29) is 0 Å². The third-order valence-electron chi connectivity index (χ3n) is 3.04. The fraction of sp³-hybridized carbons (Fsp3) is 1.00. The lowest BCUT2D eigenvalue weighted by Crippen LogP contribution is -2.52. The smallest absolute Gasteiger partial charge is 0.0209 e. The molecule has 1 saturated heterocycles. The van der Waals surface area contributed by atoms with E-state index < -0.39 is 0 Å². The number of nitrogens with two attached hydrogens (primary N) is 1. The fourth-order valence-corrected chi connectivity index (χ4v) is 2.20. The molecular formula is C9H19N3. The first-order valence-electron chi connectivity index (χ1n) is 4.94. The molecule has 1 atom stereocenters. The predicted octanol–water partition coefficient (Wildman–Crippen LogP) is -0.230. The van der Waals surface area contributed by atoms with Crippen molar-refractivity contribution in [1.29, 1.82) is 0 Å². The van der Waals surface area contributed by atoms with Gasteiger partial charge in [-0.25, -0.2) is 0 Å². The van der Waals surface area contributed by atoms with Crippen molar-refractivity contribution in [2.75, 3.05) is 20.1 Å². The second-order valence-corrected chi connectivity index (χ2v) is 4.34. The summed E-state index contributed by atoms with van der Waals surface area (Å²) in [4.78, 5) is 2.39. The molecule has 0 aromatic carbocycles. The van der Waals surface area contributed by atoms with E-state index in [9.17, 15) is 0 Å². The quantitative estimate of drug-likeness (QED) is 0.600. The van der Waals surface area contributed by atoms with Gasteiger partial charge < -0.3 is 16.0 Å². The van der Waals surface area contributed by atoms with Crippen molar-refractivity contribution in [3.05, 3.63) is 0 Å². The Morgan fingerprint density at radius 1 is 1.33 bits per heavy atom. The highest BCUT2D eigenvalue weighted by Gasteiger charge is 2.29. The molecule has 3 nitrogen and oxygen atoms in total. The summed E-state index contributed by atoms with van der Waals surface area (Å²) < 4.78 is 0. The van der Waals surface area contributed by atoms with Gasteiger partial charge in [0.15, 0.2) is 0 Å². The first-order chi connectivity index (χ1) is 5.74. The number of hydrogen-bond acceptors (Lipinski definition) is 3. The van der Waals surface area contributed by atoms with Gasteiger partial charge in [-0.2, -0.15) is 0 Å². The van der Waals surface area contributed by atoms with Gasteiger partial charge in [0.2, 0.25) is 0 Å². The molecule has 3 heteroatoms. The number of likely N-dealkylation sites (N-methyl/N-ethyl adjacent to an activating group) is 1. The summed E-state index contributed by atoms with van der Waals surface area (Å²) in [5.74, 6) is 0. The van der Waals surface area contributed by atoms with Gasteiger partial charge in [0, 0.05) is 24.7 Å². The maximum Gasteiger partial charge on any atom is 0.0209 e. The van der Waals surface area contributed by atoms with Gasteiger partial charge in [-0.15, -0.1) is 0 Å². The zero-order valence-electron chi connectivity index (χ0n) is 7.79. The fourth-order valence-electron chi connectivity index (χ4n) is 2.20. The normalized spacial score (nSPS) is 43.0. The van der Waals surface area contributed by atoms with Crippen LogP contribution in [0.5, 0.6) is 0 Å². The van der Waals surface area contributed by atoms with Crippen molar-refractivity contribution in [3.8, 4) is 0 Å². The number of hydrogen-bond donors (Lipinski definition) is 2. The highest BCUT2D eigenvalue weighted by molar-refractivity contribution is 4.91. The van der Waals surface area contributed by atoms with Gasteiger partial charge in [0.05, 0.1) is 0 Å². The Kier molecular flexibility index (Phi) is 2.35. The molecule has 1 aliphatic carbocycles. The molecule has 1 heterocycles. The lowest BCUT2D eigenvalue weighted by atomic mass is 9.87. The molecule has 1 saturated carbocycles. The van der Waals surface area contributed by atoms with Crippen LogP contribution in [0.1, 0.15) is 19.3 Å².